The SMILES string of the molecule is CCC(C(=O)NCC(C)C)N(Cc1ccc(OC)cc1)C(=O)CN(c1cc(C)cc(C)c1)S(=O)(=O)c1ccc(C)cc1. The highest BCUT2D eigenvalue weighted by Gasteiger charge is 2.34. The molecule has 226 valence electrons. The van der Waals surface area contributed by atoms with Crippen molar-refractivity contribution in [1.29, 1.82) is 0 Å². The Kier molecular flexibility index (Phi) is 11.2. The van der Waals surface area contributed by atoms with Gasteiger partial charge in [0.05, 0.1) is 17.7 Å². The lowest BCUT2D eigenvalue weighted by Crippen LogP contribution is -2.52. The van der Waals surface area contributed by atoms with Crippen molar-refractivity contribution in [3.8, 4) is 5.75 Å². The third-order valence-electron chi connectivity index (χ3n) is 6.96. The largest absolute Gasteiger partial charge is 0.497 e. The van der Waals surface area contributed by atoms with E-state index in [0.29, 0.717) is 24.4 Å². The molecule has 0 spiro atoms. The molecule has 3 aromatic rings. The Morgan fingerprint density at radius 2 is 1.48 bits per heavy atom. The Hall–Kier alpha value is -3.85. The Morgan fingerprint density at radius 1 is 0.881 bits per heavy atom. The molecule has 0 aliphatic carbocycles. The highest BCUT2D eigenvalue weighted by Crippen LogP contribution is 2.27. The average Bonchev–Trinajstić information content (AvgIpc) is 2.94. The van der Waals surface area contributed by atoms with Gasteiger partial charge < -0.3 is 15.0 Å². The van der Waals surface area contributed by atoms with E-state index in [0.717, 1.165) is 26.6 Å². The van der Waals surface area contributed by atoms with Crippen LogP contribution in [0.15, 0.2) is 71.6 Å². The molecule has 0 bridgehead atoms. The Labute approximate surface area is 250 Å². The van der Waals surface area contributed by atoms with Crippen molar-refractivity contribution < 1.29 is 22.7 Å². The second-order valence-electron chi connectivity index (χ2n) is 11.1. The fourth-order valence-electron chi connectivity index (χ4n) is 4.73. The highest BCUT2D eigenvalue weighted by atomic mass is 32.2. The maximum atomic E-state index is 14.2. The second kappa shape index (κ2) is 14.4. The number of amides is 2. The molecule has 1 N–H and O–H groups in total. The lowest BCUT2D eigenvalue weighted by atomic mass is 10.1. The summed E-state index contributed by atoms with van der Waals surface area (Å²) in [6, 6.07) is 18.5. The van der Waals surface area contributed by atoms with Crippen molar-refractivity contribution in [2.45, 2.75) is 65.4 Å². The summed E-state index contributed by atoms with van der Waals surface area (Å²) in [5.41, 5.74) is 3.85. The van der Waals surface area contributed by atoms with E-state index in [1.54, 1.807) is 55.6 Å². The number of aryl methyl sites for hydroxylation is 3. The maximum absolute atomic E-state index is 14.2. The highest BCUT2D eigenvalue weighted by molar-refractivity contribution is 7.92. The van der Waals surface area contributed by atoms with Crippen molar-refractivity contribution in [3.63, 3.8) is 0 Å². The van der Waals surface area contributed by atoms with Crippen LogP contribution in [0.2, 0.25) is 0 Å². The van der Waals surface area contributed by atoms with E-state index in [9.17, 15) is 18.0 Å². The molecule has 0 aliphatic heterocycles. The first kappa shape index (κ1) is 32.7. The molecule has 2 amide bonds. The van der Waals surface area contributed by atoms with Gasteiger partial charge in [-0.1, -0.05) is 56.7 Å². The van der Waals surface area contributed by atoms with Crippen LogP contribution >= 0.6 is 0 Å². The number of anilines is 1. The Morgan fingerprint density at radius 3 is 2.00 bits per heavy atom. The monoisotopic (exact) mass is 593 g/mol. The fourth-order valence-corrected chi connectivity index (χ4v) is 6.13. The quantitative estimate of drug-likeness (QED) is 0.287. The van der Waals surface area contributed by atoms with Crippen molar-refractivity contribution in [3.05, 3.63) is 89.0 Å². The average molecular weight is 594 g/mol. The number of benzene rings is 3. The summed E-state index contributed by atoms with van der Waals surface area (Å²) < 4.78 is 34.6. The van der Waals surface area contributed by atoms with Crippen LogP contribution in [0, 0.1) is 26.7 Å². The van der Waals surface area contributed by atoms with Gasteiger partial charge in [0.1, 0.15) is 18.3 Å². The maximum Gasteiger partial charge on any atom is 0.264 e. The molecule has 1 atom stereocenters. The first-order chi connectivity index (χ1) is 19.8. The van der Waals surface area contributed by atoms with Crippen LogP contribution in [-0.2, 0) is 26.2 Å². The van der Waals surface area contributed by atoms with Crippen LogP contribution in [-0.4, -0.2) is 51.4 Å². The number of hydrogen-bond acceptors (Lipinski definition) is 5. The van der Waals surface area contributed by atoms with Gasteiger partial charge in [-0.15, -0.1) is 0 Å². The zero-order valence-electron chi connectivity index (χ0n) is 25.7. The van der Waals surface area contributed by atoms with E-state index in [4.69, 9.17) is 4.74 Å². The number of sulfonamides is 1. The lowest BCUT2D eigenvalue weighted by Gasteiger charge is -2.33. The molecule has 0 saturated carbocycles. The van der Waals surface area contributed by atoms with Crippen LogP contribution in [0.4, 0.5) is 5.69 Å². The molecule has 0 radical (unpaired) electrons. The van der Waals surface area contributed by atoms with Crippen LogP contribution in [0.5, 0.6) is 5.75 Å². The van der Waals surface area contributed by atoms with Crippen LogP contribution < -0.4 is 14.4 Å². The van der Waals surface area contributed by atoms with Gasteiger partial charge in [-0.2, -0.15) is 0 Å². The second-order valence-corrected chi connectivity index (χ2v) is 13.0. The molecule has 9 heteroatoms. The number of ether oxygens (including phenoxy) is 1. The molecule has 1 unspecified atom stereocenters. The molecule has 0 aliphatic rings. The summed E-state index contributed by atoms with van der Waals surface area (Å²) in [6.45, 7) is 11.6. The van der Waals surface area contributed by atoms with E-state index in [1.807, 2.05) is 59.7 Å². The zero-order valence-corrected chi connectivity index (χ0v) is 26.5. The minimum atomic E-state index is -4.12. The number of nitrogens with one attached hydrogen (secondary N) is 1. The van der Waals surface area contributed by atoms with E-state index in [-0.39, 0.29) is 23.3 Å². The zero-order chi connectivity index (χ0) is 31.0. The molecule has 3 aromatic carbocycles. The smallest absolute Gasteiger partial charge is 0.264 e. The normalized spacial score (nSPS) is 12.1. The predicted molar refractivity (Wildman–Crippen MR) is 167 cm³/mol. The minimum absolute atomic E-state index is 0.0866. The van der Waals surface area contributed by atoms with Gasteiger partial charge >= 0.3 is 0 Å². The van der Waals surface area contributed by atoms with Crippen LogP contribution in [0.25, 0.3) is 0 Å². The summed E-state index contributed by atoms with van der Waals surface area (Å²) >= 11 is 0. The van der Waals surface area contributed by atoms with Gasteiger partial charge in [-0.05, 0) is 86.2 Å². The molecule has 8 nitrogen and oxygen atoms in total. The number of hydrogen-bond donors (Lipinski definition) is 1. The van der Waals surface area contributed by atoms with Crippen molar-refractivity contribution >= 4 is 27.5 Å². The minimum Gasteiger partial charge on any atom is -0.497 e. The van der Waals surface area contributed by atoms with Crippen LogP contribution in [0.3, 0.4) is 0 Å². The predicted octanol–water partition coefficient (Wildman–Crippen LogP) is 5.40. The summed E-state index contributed by atoms with van der Waals surface area (Å²) in [5, 5.41) is 2.95. The lowest BCUT2D eigenvalue weighted by molar-refractivity contribution is -0.140. The van der Waals surface area contributed by atoms with Gasteiger partial charge in [0.25, 0.3) is 10.0 Å². The van der Waals surface area contributed by atoms with Gasteiger partial charge in [0, 0.05) is 13.1 Å². The van der Waals surface area contributed by atoms with E-state index in [2.05, 4.69) is 5.32 Å². The molecule has 3 rings (SSSR count). The van der Waals surface area contributed by atoms with Gasteiger partial charge in [0.15, 0.2) is 0 Å². The third kappa shape index (κ3) is 8.35. The molecule has 0 aromatic heterocycles. The number of rotatable bonds is 13. The molecule has 0 fully saturated rings. The van der Waals surface area contributed by atoms with E-state index in [1.165, 1.54) is 4.90 Å². The summed E-state index contributed by atoms with van der Waals surface area (Å²) in [5.74, 6) is 0.153. The van der Waals surface area contributed by atoms with Crippen molar-refractivity contribution in [1.82, 2.24) is 10.2 Å². The van der Waals surface area contributed by atoms with Crippen LogP contribution in [0.1, 0.15) is 49.4 Å². The molecule has 0 heterocycles. The van der Waals surface area contributed by atoms with Gasteiger partial charge in [0.2, 0.25) is 11.8 Å². The Bertz CT molecular complexity index is 1450. The van der Waals surface area contributed by atoms with Gasteiger partial charge in [-0.25, -0.2) is 8.42 Å². The van der Waals surface area contributed by atoms with Gasteiger partial charge in [-0.3, -0.25) is 13.9 Å². The molecular formula is C33H43N3O5S. The molecular weight excluding hydrogens is 550 g/mol. The summed E-state index contributed by atoms with van der Waals surface area (Å²) in [7, 11) is -2.54. The first-order valence-corrected chi connectivity index (χ1v) is 15.7. The van der Waals surface area contributed by atoms with E-state index >= 15 is 0 Å². The van der Waals surface area contributed by atoms with Crippen molar-refractivity contribution in [2.24, 2.45) is 5.92 Å². The Balaban J connectivity index is 2.07. The molecule has 42 heavy (non-hydrogen) atoms. The van der Waals surface area contributed by atoms with Crippen molar-refractivity contribution in [2.75, 3.05) is 24.5 Å². The third-order valence-corrected chi connectivity index (χ3v) is 8.75. The molecule has 0 saturated heterocycles. The van der Waals surface area contributed by atoms with E-state index < -0.39 is 28.5 Å². The first-order valence-electron chi connectivity index (χ1n) is 14.2. The standard InChI is InChI=1S/C33H43N3O5S/c1-8-31(33(38)34-20-23(2)3)35(21-27-11-13-29(41-7)14-12-27)32(37)22-36(28-18-25(5)17-26(6)19-28)42(39,40)30-15-9-24(4)10-16-30/h9-19,23,31H,8,20-22H2,1-7H3,(H,34,38). The number of carbonyl (C=O) groups is 2. The topological polar surface area (TPSA) is 96.0 Å². The number of methoxy groups -OCH3 is 1. The summed E-state index contributed by atoms with van der Waals surface area (Å²) in [4.78, 5) is 29.1. The number of carbonyl (C=O) groups excluding carboxylic acids is 2. The fraction of sp³-hybridized carbons (Fsp3) is 0.394. The number of nitrogens with zero attached hydrogens (tertiary/aromatic N) is 2. The summed E-state index contributed by atoms with van der Waals surface area (Å²) in [6.07, 6.45) is 0.361.